The number of halogens is 1. The van der Waals surface area contributed by atoms with Crippen molar-refractivity contribution in [3.8, 4) is 22.7 Å². The Labute approximate surface area is 170 Å². The van der Waals surface area contributed by atoms with Crippen molar-refractivity contribution in [1.82, 2.24) is 14.7 Å². The first-order chi connectivity index (χ1) is 14.2. The molecule has 0 aliphatic carbocycles. The largest absolute Gasteiger partial charge is 0.497 e. The molecule has 2 heterocycles. The molecule has 0 amide bonds. The van der Waals surface area contributed by atoms with Gasteiger partial charge in [0.2, 0.25) is 0 Å². The number of methoxy groups -OCH3 is 1. The molecule has 1 fully saturated rings. The van der Waals surface area contributed by atoms with Gasteiger partial charge >= 0.3 is 0 Å². The summed E-state index contributed by atoms with van der Waals surface area (Å²) >= 11 is 0. The third kappa shape index (κ3) is 4.33. The van der Waals surface area contributed by atoms with Gasteiger partial charge in [-0.1, -0.05) is 25.1 Å². The van der Waals surface area contributed by atoms with E-state index in [1.54, 1.807) is 12.1 Å². The number of hydrogen-bond donors (Lipinski definition) is 0. The highest BCUT2D eigenvalue weighted by molar-refractivity contribution is 5.65. The summed E-state index contributed by atoms with van der Waals surface area (Å²) in [7, 11) is 1.53. The summed E-state index contributed by atoms with van der Waals surface area (Å²) in [4.78, 5) is 2.36. The number of ether oxygens (including phenoxy) is 2. The molecule has 0 unspecified atom stereocenters. The molecule has 0 bridgehead atoms. The van der Waals surface area contributed by atoms with Crippen molar-refractivity contribution >= 4 is 0 Å². The van der Waals surface area contributed by atoms with Crippen molar-refractivity contribution in [3.05, 3.63) is 66.1 Å². The minimum Gasteiger partial charge on any atom is -0.497 e. The minimum atomic E-state index is -0.336. The zero-order valence-corrected chi connectivity index (χ0v) is 16.8. The van der Waals surface area contributed by atoms with Crippen LogP contribution in [0.15, 0.2) is 54.7 Å². The Bertz CT molecular complexity index is 958. The summed E-state index contributed by atoms with van der Waals surface area (Å²) in [6, 6.07) is 14.8. The summed E-state index contributed by atoms with van der Waals surface area (Å²) in [6.07, 6.45) is 3.24. The smallest absolute Gasteiger partial charge is 0.136 e. The molecule has 1 saturated heterocycles. The van der Waals surface area contributed by atoms with Crippen molar-refractivity contribution in [2.24, 2.45) is 0 Å². The molecular weight excluding hydrogens is 369 g/mol. The van der Waals surface area contributed by atoms with Crippen molar-refractivity contribution in [2.45, 2.75) is 26.0 Å². The first-order valence-corrected chi connectivity index (χ1v) is 9.99. The Morgan fingerprint density at radius 3 is 2.76 bits per heavy atom. The van der Waals surface area contributed by atoms with Gasteiger partial charge in [0.25, 0.3) is 0 Å². The van der Waals surface area contributed by atoms with E-state index in [-0.39, 0.29) is 11.9 Å². The molecule has 0 saturated carbocycles. The molecule has 1 aliphatic heterocycles. The van der Waals surface area contributed by atoms with E-state index in [1.807, 2.05) is 41.2 Å². The predicted molar refractivity (Wildman–Crippen MR) is 111 cm³/mol. The van der Waals surface area contributed by atoms with Gasteiger partial charge in [0.15, 0.2) is 0 Å². The molecule has 5 nitrogen and oxygen atoms in total. The Balaban J connectivity index is 1.71. The SMILES string of the molecule is CC[C@H]1CN(Cc2cn(-c3ccccc3)nc2-c2ccc(OC)cc2F)CCO1. The third-order valence-corrected chi connectivity index (χ3v) is 5.31. The lowest BCUT2D eigenvalue weighted by atomic mass is 10.1. The molecular formula is C23H26FN3O2. The van der Waals surface area contributed by atoms with Crippen LogP contribution in [0.25, 0.3) is 16.9 Å². The second-order valence-corrected chi connectivity index (χ2v) is 7.27. The number of nitrogens with zero attached hydrogens (tertiary/aromatic N) is 3. The maximum Gasteiger partial charge on any atom is 0.136 e. The number of para-hydroxylation sites is 1. The highest BCUT2D eigenvalue weighted by atomic mass is 19.1. The molecule has 2 aromatic carbocycles. The van der Waals surface area contributed by atoms with Crippen LogP contribution in [0.1, 0.15) is 18.9 Å². The second-order valence-electron chi connectivity index (χ2n) is 7.27. The highest BCUT2D eigenvalue weighted by Crippen LogP contribution is 2.30. The van der Waals surface area contributed by atoms with Gasteiger partial charge in [0.1, 0.15) is 17.3 Å². The highest BCUT2D eigenvalue weighted by Gasteiger charge is 2.23. The molecule has 3 aromatic rings. The fourth-order valence-corrected chi connectivity index (χ4v) is 3.69. The monoisotopic (exact) mass is 395 g/mol. The van der Waals surface area contributed by atoms with Crippen molar-refractivity contribution in [1.29, 1.82) is 0 Å². The van der Waals surface area contributed by atoms with Gasteiger partial charge in [0, 0.05) is 43.0 Å². The van der Waals surface area contributed by atoms with E-state index >= 15 is 0 Å². The second kappa shape index (κ2) is 8.76. The molecule has 29 heavy (non-hydrogen) atoms. The Hall–Kier alpha value is -2.70. The minimum absolute atomic E-state index is 0.245. The Kier molecular flexibility index (Phi) is 5.92. The molecule has 0 N–H and O–H groups in total. The van der Waals surface area contributed by atoms with Crippen LogP contribution in [0.5, 0.6) is 5.75 Å². The number of hydrogen-bond acceptors (Lipinski definition) is 4. The van der Waals surface area contributed by atoms with Crippen LogP contribution >= 0.6 is 0 Å². The lowest BCUT2D eigenvalue weighted by molar-refractivity contribution is -0.0324. The number of aromatic nitrogens is 2. The molecule has 152 valence electrons. The van der Waals surface area contributed by atoms with Crippen LogP contribution in [0.3, 0.4) is 0 Å². The van der Waals surface area contributed by atoms with Crippen LogP contribution in [-0.2, 0) is 11.3 Å². The normalized spacial score (nSPS) is 17.4. The van der Waals surface area contributed by atoms with Gasteiger partial charge in [-0.25, -0.2) is 9.07 Å². The molecule has 0 radical (unpaired) electrons. The zero-order valence-electron chi connectivity index (χ0n) is 16.8. The summed E-state index contributed by atoms with van der Waals surface area (Å²) < 4.78 is 27.6. The fourth-order valence-electron chi connectivity index (χ4n) is 3.69. The van der Waals surface area contributed by atoms with E-state index in [0.29, 0.717) is 23.6 Å². The molecule has 6 heteroatoms. The van der Waals surface area contributed by atoms with Crippen LogP contribution in [-0.4, -0.2) is 47.6 Å². The lowest BCUT2D eigenvalue weighted by Gasteiger charge is -2.32. The van der Waals surface area contributed by atoms with Crippen molar-refractivity contribution < 1.29 is 13.9 Å². The zero-order chi connectivity index (χ0) is 20.2. The van der Waals surface area contributed by atoms with E-state index in [0.717, 1.165) is 37.4 Å². The van der Waals surface area contributed by atoms with Crippen molar-refractivity contribution in [3.63, 3.8) is 0 Å². The number of rotatable bonds is 6. The van der Waals surface area contributed by atoms with Gasteiger partial charge in [-0.15, -0.1) is 0 Å². The van der Waals surface area contributed by atoms with E-state index < -0.39 is 0 Å². The molecule has 0 spiro atoms. The summed E-state index contributed by atoms with van der Waals surface area (Å²) in [5.74, 6) is 0.159. The standard InChI is InChI=1S/C23H26FN3O2/c1-3-19-16-26(11-12-29-19)14-17-15-27(18-7-5-4-6-8-18)25-23(17)21-10-9-20(28-2)13-22(21)24/h4-10,13,15,19H,3,11-12,14,16H2,1-2H3/t19-/m0/s1. The Morgan fingerprint density at radius 1 is 1.21 bits per heavy atom. The molecule has 1 aliphatic rings. The Morgan fingerprint density at radius 2 is 2.03 bits per heavy atom. The van der Waals surface area contributed by atoms with Gasteiger partial charge in [-0.2, -0.15) is 5.10 Å². The van der Waals surface area contributed by atoms with Crippen LogP contribution in [0.2, 0.25) is 0 Å². The van der Waals surface area contributed by atoms with E-state index in [9.17, 15) is 4.39 Å². The van der Waals surface area contributed by atoms with Gasteiger partial charge in [0.05, 0.1) is 25.5 Å². The summed E-state index contributed by atoms with van der Waals surface area (Å²) in [6.45, 7) is 5.29. The van der Waals surface area contributed by atoms with E-state index in [2.05, 4.69) is 11.8 Å². The maximum atomic E-state index is 14.8. The lowest BCUT2D eigenvalue weighted by Crippen LogP contribution is -2.41. The first kappa shape index (κ1) is 19.6. The first-order valence-electron chi connectivity index (χ1n) is 9.99. The number of morpholine rings is 1. The van der Waals surface area contributed by atoms with E-state index in [1.165, 1.54) is 13.2 Å². The van der Waals surface area contributed by atoms with Gasteiger partial charge < -0.3 is 9.47 Å². The topological polar surface area (TPSA) is 39.5 Å². The number of benzene rings is 2. The van der Waals surface area contributed by atoms with E-state index in [4.69, 9.17) is 14.6 Å². The quantitative estimate of drug-likeness (QED) is 0.624. The third-order valence-electron chi connectivity index (χ3n) is 5.31. The molecule has 1 atom stereocenters. The van der Waals surface area contributed by atoms with Crippen molar-refractivity contribution in [2.75, 3.05) is 26.8 Å². The molecule has 4 rings (SSSR count). The van der Waals surface area contributed by atoms with Gasteiger partial charge in [-0.3, -0.25) is 4.90 Å². The average Bonchev–Trinajstić information content (AvgIpc) is 3.17. The predicted octanol–water partition coefficient (Wildman–Crippen LogP) is 4.30. The van der Waals surface area contributed by atoms with Crippen LogP contribution in [0.4, 0.5) is 4.39 Å². The average molecular weight is 395 g/mol. The maximum absolute atomic E-state index is 14.8. The summed E-state index contributed by atoms with van der Waals surface area (Å²) in [5.41, 5.74) is 3.08. The summed E-state index contributed by atoms with van der Waals surface area (Å²) in [5, 5.41) is 4.75. The van der Waals surface area contributed by atoms with Crippen LogP contribution in [0, 0.1) is 5.82 Å². The van der Waals surface area contributed by atoms with Gasteiger partial charge in [-0.05, 0) is 30.7 Å². The molecule has 1 aromatic heterocycles. The van der Waals surface area contributed by atoms with Crippen LogP contribution < -0.4 is 4.74 Å². The fraction of sp³-hybridized carbons (Fsp3) is 0.348.